The Hall–Kier alpha value is -3.41. The normalized spacial score (nSPS) is 16.4. The molecule has 0 saturated carbocycles. The number of amides is 2. The molecule has 0 aliphatic carbocycles. The molecule has 1 aliphatic rings. The van der Waals surface area contributed by atoms with Crippen molar-refractivity contribution in [3.63, 3.8) is 0 Å². The molecule has 2 heterocycles. The smallest absolute Gasteiger partial charge is 0.321 e. The number of rotatable bonds is 3. The molecule has 0 bridgehead atoms. The van der Waals surface area contributed by atoms with E-state index in [2.05, 4.69) is 20.7 Å². The van der Waals surface area contributed by atoms with Crippen molar-refractivity contribution in [3.8, 4) is 0 Å². The Morgan fingerprint density at radius 3 is 2.48 bits per heavy atom. The van der Waals surface area contributed by atoms with Crippen LogP contribution in [0.15, 0.2) is 65.7 Å². The van der Waals surface area contributed by atoms with E-state index >= 15 is 0 Å². The molecule has 0 radical (unpaired) electrons. The predicted octanol–water partition coefficient (Wildman–Crippen LogP) is 3.40. The van der Waals surface area contributed by atoms with Gasteiger partial charge in [0.2, 0.25) is 0 Å². The molecule has 0 spiro atoms. The lowest BCUT2D eigenvalue weighted by Crippen LogP contribution is -2.38. The Kier molecular flexibility index (Phi) is 3.78. The van der Waals surface area contributed by atoms with Crippen molar-refractivity contribution in [2.75, 3.05) is 5.32 Å². The van der Waals surface area contributed by atoms with Gasteiger partial charge in [0.05, 0.1) is 11.6 Å². The summed E-state index contributed by atoms with van der Waals surface area (Å²) in [6.45, 7) is 0. The first-order valence-corrected chi connectivity index (χ1v) is 8.01. The number of aromatic nitrogens is 2. The second kappa shape index (κ2) is 6.24. The van der Waals surface area contributed by atoms with E-state index in [1.807, 2.05) is 60.7 Å². The third kappa shape index (κ3) is 2.89. The van der Waals surface area contributed by atoms with Gasteiger partial charge in [0.1, 0.15) is 5.82 Å². The van der Waals surface area contributed by atoms with E-state index < -0.39 is 0 Å². The minimum atomic E-state index is -0.290. The minimum Gasteiger partial charge on any atom is -0.327 e. The van der Waals surface area contributed by atoms with Crippen LogP contribution in [0.2, 0.25) is 0 Å². The van der Waals surface area contributed by atoms with Crippen LogP contribution in [0.1, 0.15) is 22.7 Å². The van der Waals surface area contributed by atoms with Gasteiger partial charge in [0.25, 0.3) is 0 Å². The van der Waals surface area contributed by atoms with Crippen LogP contribution in [-0.4, -0.2) is 22.0 Å². The number of hydrogen-bond donors (Lipinski definition) is 2. The van der Waals surface area contributed by atoms with Gasteiger partial charge >= 0.3 is 6.03 Å². The summed E-state index contributed by atoms with van der Waals surface area (Å²) in [6.07, 6.45) is 1.78. The quantitative estimate of drug-likeness (QED) is 0.722. The van der Waals surface area contributed by atoms with Crippen molar-refractivity contribution in [1.82, 2.24) is 15.1 Å². The summed E-state index contributed by atoms with van der Waals surface area (Å²) < 4.78 is 1.65. The lowest BCUT2D eigenvalue weighted by atomic mass is 9.98. The number of aliphatic imine (C=N–C) groups is 1. The highest BCUT2D eigenvalue weighted by molar-refractivity contribution is 5.94. The lowest BCUT2D eigenvalue weighted by Gasteiger charge is -2.25. The number of nitrogens with one attached hydrogen (secondary N) is 2. The monoisotopic (exact) mass is 331 g/mol. The molecule has 2 amide bonds. The minimum absolute atomic E-state index is 0.247. The summed E-state index contributed by atoms with van der Waals surface area (Å²) in [5.74, 6) is 1.25. The molecule has 1 unspecified atom stereocenters. The van der Waals surface area contributed by atoms with E-state index in [0.29, 0.717) is 11.6 Å². The van der Waals surface area contributed by atoms with Crippen LogP contribution in [0, 0.1) is 0 Å². The predicted molar refractivity (Wildman–Crippen MR) is 97.3 cm³/mol. The Morgan fingerprint density at radius 2 is 1.76 bits per heavy atom. The number of fused-ring (bicyclic) bond motifs is 1. The molecular formula is C19H17N5O. The third-order valence-electron chi connectivity index (χ3n) is 4.13. The van der Waals surface area contributed by atoms with Gasteiger partial charge in [-0.25, -0.2) is 14.5 Å². The van der Waals surface area contributed by atoms with Crippen LogP contribution in [0.3, 0.4) is 0 Å². The summed E-state index contributed by atoms with van der Waals surface area (Å²) in [7, 11) is 1.80. The maximum atomic E-state index is 12.0. The molecule has 6 heteroatoms. The van der Waals surface area contributed by atoms with Crippen molar-refractivity contribution in [1.29, 1.82) is 0 Å². The molecule has 0 saturated heterocycles. The summed E-state index contributed by atoms with van der Waals surface area (Å²) in [5.41, 5.74) is 2.84. The molecular weight excluding hydrogens is 314 g/mol. The second-order valence-corrected chi connectivity index (χ2v) is 5.82. The Bertz CT molecular complexity index is 931. The number of benzene rings is 2. The van der Waals surface area contributed by atoms with Crippen LogP contribution in [0.25, 0.3) is 0 Å². The molecule has 2 N–H and O–H groups in total. The summed E-state index contributed by atoms with van der Waals surface area (Å²) >= 11 is 0. The fourth-order valence-corrected chi connectivity index (χ4v) is 2.95. The van der Waals surface area contributed by atoms with Crippen molar-refractivity contribution in [2.45, 2.75) is 6.04 Å². The van der Waals surface area contributed by atoms with Gasteiger partial charge in [-0.2, -0.15) is 5.10 Å². The van der Waals surface area contributed by atoms with Gasteiger partial charge in [0, 0.05) is 13.3 Å². The number of carbonyl (C=O) groups excluding carboxylic acids is 1. The highest BCUT2D eigenvalue weighted by Gasteiger charge is 2.32. The van der Waals surface area contributed by atoms with Crippen LogP contribution < -0.4 is 10.6 Å². The van der Waals surface area contributed by atoms with E-state index in [1.54, 1.807) is 17.9 Å². The molecule has 4 rings (SSSR count). The van der Waals surface area contributed by atoms with Gasteiger partial charge in [-0.05, 0) is 11.1 Å². The van der Waals surface area contributed by atoms with Gasteiger partial charge in [0.15, 0.2) is 5.82 Å². The van der Waals surface area contributed by atoms with Gasteiger partial charge in [-0.3, -0.25) is 5.32 Å². The SMILES string of the molecule is Cn1nc(N=Cc2ccccc2)c2c1NC(=O)NC2c1ccccc1. The summed E-state index contributed by atoms with van der Waals surface area (Å²) in [5, 5.41) is 10.3. The lowest BCUT2D eigenvalue weighted by molar-refractivity contribution is 0.248. The molecule has 1 aromatic heterocycles. The highest BCUT2D eigenvalue weighted by Crippen LogP contribution is 2.38. The van der Waals surface area contributed by atoms with E-state index in [4.69, 9.17) is 0 Å². The van der Waals surface area contributed by atoms with Crippen LogP contribution in [-0.2, 0) is 7.05 Å². The van der Waals surface area contributed by atoms with Gasteiger partial charge in [-0.15, -0.1) is 0 Å². The van der Waals surface area contributed by atoms with Gasteiger partial charge in [-0.1, -0.05) is 60.7 Å². The number of carbonyl (C=O) groups is 1. The molecule has 2 aromatic carbocycles. The molecule has 3 aromatic rings. The molecule has 1 atom stereocenters. The van der Waals surface area contributed by atoms with E-state index in [0.717, 1.165) is 16.7 Å². The van der Waals surface area contributed by atoms with Crippen molar-refractivity contribution in [3.05, 3.63) is 77.4 Å². The van der Waals surface area contributed by atoms with E-state index in [9.17, 15) is 4.79 Å². The number of anilines is 1. The van der Waals surface area contributed by atoms with E-state index in [1.165, 1.54) is 0 Å². The van der Waals surface area contributed by atoms with Crippen molar-refractivity contribution in [2.24, 2.45) is 12.0 Å². The first-order chi connectivity index (χ1) is 12.2. The number of aryl methyl sites for hydroxylation is 1. The summed E-state index contributed by atoms with van der Waals surface area (Å²) in [4.78, 5) is 16.6. The maximum Gasteiger partial charge on any atom is 0.321 e. The van der Waals surface area contributed by atoms with Crippen LogP contribution >= 0.6 is 0 Å². The average Bonchev–Trinajstić information content (AvgIpc) is 2.97. The number of urea groups is 1. The molecule has 0 fully saturated rings. The topological polar surface area (TPSA) is 71.3 Å². The van der Waals surface area contributed by atoms with Crippen LogP contribution in [0.5, 0.6) is 0 Å². The zero-order valence-electron chi connectivity index (χ0n) is 13.7. The third-order valence-corrected chi connectivity index (χ3v) is 4.13. The first-order valence-electron chi connectivity index (χ1n) is 8.01. The van der Waals surface area contributed by atoms with Crippen LogP contribution in [0.4, 0.5) is 16.4 Å². The Balaban J connectivity index is 1.79. The molecule has 6 nitrogen and oxygen atoms in total. The molecule has 1 aliphatic heterocycles. The second-order valence-electron chi connectivity index (χ2n) is 5.82. The molecule has 25 heavy (non-hydrogen) atoms. The number of nitrogens with zero attached hydrogens (tertiary/aromatic N) is 3. The largest absolute Gasteiger partial charge is 0.327 e. The van der Waals surface area contributed by atoms with E-state index in [-0.39, 0.29) is 12.1 Å². The Morgan fingerprint density at radius 1 is 1.08 bits per heavy atom. The standard InChI is InChI=1S/C19H17N5O/c1-24-18-15(17(23-24)20-12-13-8-4-2-5-9-13)16(21-19(25)22-18)14-10-6-3-7-11-14/h2-12,16H,1H3,(H2,21,22,25). The average molecular weight is 331 g/mol. The highest BCUT2D eigenvalue weighted by atomic mass is 16.2. The Labute approximate surface area is 145 Å². The fourth-order valence-electron chi connectivity index (χ4n) is 2.95. The van der Waals surface area contributed by atoms with Gasteiger partial charge < -0.3 is 5.32 Å². The first kappa shape index (κ1) is 15.1. The zero-order chi connectivity index (χ0) is 17.2. The summed E-state index contributed by atoms with van der Waals surface area (Å²) in [6, 6.07) is 19.1. The fraction of sp³-hybridized carbons (Fsp3) is 0.105. The maximum absolute atomic E-state index is 12.0. The van der Waals surface area contributed by atoms with Crippen molar-refractivity contribution < 1.29 is 4.79 Å². The number of hydrogen-bond acceptors (Lipinski definition) is 3. The zero-order valence-corrected chi connectivity index (χ0v) is 13.7. The van der Waals surface area contributed by atoms with Crippen molar-refractivity contribution >= 4 is 23.9 Å². The molecule has 124 valence electrons.